The van der Waals surface area contributed by atoms with E-state index >= 15 is 0 Å². The lowest BCUT2D eigenvalue weighted by molar-refractivity contribution is -0.154. The molecule has 2 aliphatic heterocycles. The van der Waals surface area contributed by atoms with Crippen LogP contribution in [0.25, 0.3) is 10.9 Å². The van der Waals surface area contributed by atoms with Crippen molar-refractivity contribution in [1.82, 2.24) is 20.5 Å². The summed E-state index contributed by atoms with van der Waals surface area (Å²) >= 11 is 0. The van der Waals surface area contributed by atoms with Crippen LogP contribution in [-0.2, 0) is 20.8 Å². The molecule has 1 fully saturated rings. The van der Waals surface area contributed by atoms with Crippen LogP contribution in [0.5, 0.6) is 5.75 Å². The van der Waals surface area contributed by atoms with E-state index < -0.39 is 17.6 Å². The third-order valence-electron chi connectivity index (χ3n) is 6.32. The van der Waals surface area contributed by atoms with E-state index in [1.807, 2.05) is 39.0 Å². The number of methoxy groups -OCH3 is 1. The van der Waals surface area contributed by atoms with E-state index in [2.05, 4.69) is 29.5 Å². The van der Waals surface area contributed by atoms with Crippen LogP contribution in [-0.4, -0.2) is 52.3 Å². The molecular weight excluding hydrogens is 420 g/mol. The van der Waals surface area contributed by atoms with Crippen molar-refractivity contribution in [3.8, 4) is 5.75 Å². The number of carbonyl (C=O) groups is 3. The van der Waals surface area contributed by atoms with Crippen LogP contribution >= 0.6 is 0 Å². The summed E-state index contributed by atoms with van der Waals surface area (Å²) < 4.78 is 5.37. The van der Waals surface area contributed by atoms with Crippen molar-refractivity contribution in [2.24, 2.45) is 5.92 Å². The van der Waals surface area contributed by atoms with Gasteiger partial charge in [0.25, 0.3) is 0 Å². The van der Waals surface area contributed by atoms with E-state index in [1.54, 1.807) is 12.0 Å². The Labute approximate surface area is 194 Å². The average molecular weight is 455 g/mol. The predicted octanol–water partition coefficient (Wildman–Crippen LogP) is 2.82. The molecule has 0 bridgehead atoms. The summed E-state index contributed by atoms with van der Waals surface area (Å²) in [4.78, 5) is 44.6. The van der Waals surface area contributed by atoms with Crippen LogP contribution in [0.1, 0.15) is 64.8 Å². The number of nitrogens with zero attached hydrogens (tertiary/aromatic N) is 1. The monoisotopic (exact) mass is 454 g/mol. The van der Waals surface area contributed by atoms with Crippen molar-refractivity contribution in [2.45, 2.75) is 77.5 Å². The average Bonchev–Trinajstić information content (AvgIpc) is 3.07. The number of benzene rings is 1. The maximum absolute atomic E-state index is 13.6. The van der Waals surface area contributed by atoms with Crippen LogP contribution in [0.2, 0.25) is 0 Å². The molecule has 0 spiro atoms. The van der Waals surface area contributed by atoms with Crippen molar-refractivity contribution >= 4 is 28.6 Å². The Morgan fingerprint density at radius 1 is 1.27 bits per heavy atom. The highest BCUT2D eigenvalue weighted by Gasteiger charge is 2.48. The number of fused-ring (bicyclic) bond motifs is 4. The molecule has 2 aromatic rings. The number of hydrogen-bond donors (Lipinski definition) is 3. The molecule has 2 aliphatic rings. The molecule has 3 N–H and O–H groups in total. The van der Waals surface area contributed by atoms with Gasteiger partial charge in [-0.1, -0.05) is 13.8 Å². The number of carbonyl (C=O) groups excluding carboxylic acids is 3. The molecule has 1 saturated heterocycles. The maximum Gasteiger partial charge on any atom is 0.246 e. The van der Waals surface area contributed by atoms with Gasteiger partial charge < -0.3 is 25.3 Å². The molecule has 178 valence electrons. The lowest BCUT2D eigenvalue weighted by Crippen LogP contribution is -2.66. The van der Waals surface area contributed by atoms with Gasteiger partial charge in [0.15, 0.2) is 0 Å². The molecule has 33 heavy (non-hydrogen) atoms. The number of nitrogens with one attached hydrogen (secondary N) is 3. The van der Waals surface area contributed by atoms with Gasteiger partial charge in [-0.05, 0) is 50.8 Å². The van der Waals surface area contributed by atoms with E-state index in [9.17, 15) is 14.4 Å². The van der Waals surface area contributed by atoms with Gasteiger partial charge in [-0.2, -0.15) is 0 Å². The molecule has 3 heterocycles. The second kappa shape index (κ2) is 8.39. The second-order valence-electron chi connectivity index (χ2n) is 10.6. The van der Waals surface area contributed by atoms with Gasteiger partial charge in [-0.15, -0.1) is 0 Å². The fraction of sp³-hybridized carbons (Fsp3) is 0.560. The van der Waals surface area contributed by atoms with E-state index in [1.165, 1.54) is 0 Å². The predicted molar refractivity (Wildman–Crippen MR) is 126 cm³/mol. The van der Waals surface area contributed by atoms with Gasteiger partial charge in [-0.25, -0.2) is 0 Å². The number of ether oxygens (including phenoxy) is 1. The highest BCUT2D eigenvalue weighted by atomic mass is 16.5. The highest BCUT2D eigenvalue weighted by Crippen LogP contribution is 2.42. The number of H-pyrrole nitrogens is 1. The maximum atomic E-state index is 13.6. The molecule has 8 nitrogen and oxygen atoms in total. The van der Waals surface area contributed by atoms with E-state index in [-0.39, 0.29) is 30.2 Å². The minimum absolute atomic E-state index is 0.0732. The number of aromatic nitrogens is 1. The summed E-state index contributed by atoms with van der Waals surface area (Å²) in [6, 6.07) is 4.15. The summed E-state index contributed by atoms with van der Waals surface area (Å²) in [5.41, 5.74) is 2.57. The Hall–Kier alpha value is -3.03. The van der Waals surface area contributed by atoms with E-state index in [4.69, 9.17) is 4.74 Å². The van der Waals surface area contributed by atoms with Gasteiger partial charge >= 0.3 is 0 Å². The summed E-state index contributed by atoms with van der Waals surface area (Å²) in [5, 5.41) is 6.75. The van der Waals surface area contributed by atoms with Crippen LogP contribution < -0.4 is 15.4 Å². The zero-order valence-corrected chi connectivity index (χ0v) is 20.2. The SMILES string of the molecule is COc1ccc2c3c([nH]c2c1)[C@H](CC(C)C)N1C(=O)[C@H](CC(=O)NC(C)(C)C)NC(=O)[C@@H]1C3. The first-order valence-electron chi connectivity index (χ1n) is 11.6. The smallest absolute Gasteiger partial charge is 0.246 e. The molecule has 4 rings (SSSR count). The zero-order valence-electron chi connectivity index (χ0n) is 20.2. The van der Waals surface area contributed by atoms with E-state index in [0.29, 0.717) is 18.8 Å². The Balaban J connectivity index is 1.71. The molecule has 8 heteroatoms. The van der Waals surface area contributed by atoms with Gasteiger partial charge in [0, 0.05) is 34.6 Å². The van der Waals surface area contributed by atoms with Crippen molar-refractivity contribution in [3.63, 3.8) is 0 Å². The van der Waals surface area contributed by atoms with Gasteiger partial charge in [0.2, 0.25) is 17.7 Å². The molecule has 1 aromatic heterocycles. The Morgan fingerprint density at radius 3 is 2.64 bits per heavy atom. The van der Waals surface area contributed by atoms with Crippen LogP contribution in [0.4, 0.5) is 0 Å². The highest BCUT2D eigenvalue weighted by molar-refractivity contribution is 6.01. The summed E-state index contributed by atoms with van der Waals surface area (Å²) in [6.45, 7) is 9.88. The molecule has 0 unspecified atom stereocenters. The van der Waals surface area contributed by atoms with Crippen LogP contribution in [0, 0.1) is 5.92 Å². The van der Waals surface area contributed by atoms with Crippen LogP contribution in [0.3, 0.4) is 0 Å². The minimum atomic E-state index is -0.864. The fourth-order valence-electron chi connectivity index (χ4n) is 5.04. The number of piperazine rings is 1. The quantitative estimate of drug-likeness (QED) is 0.646. The molecule has 0 saturated carbocycles. The second-order valence-corrected chi connectivity index (χ2v) is 10.6. The molecule has 3 atom stereocenters. The Morgan fingerprint density at radius 2 is 2.00 bits per heavy atom. The number of hydrogen-bond acceptors (Lipinski definition) is 4. The van der Waals surface area contributed by atoms with E-state index in [0.717, 1.165) is 27.9 Å². The molecular formula is C25H34N4O4. The topological polar surface area (TPSA) is 104 Å². The normalized spacial score (nSPS) is 22.8. The first kappa shape index (κ1) is 23.1. The Bertz CT molecular complexity index is 1100. The number of rotatable bonds is 5. The molecule has 0 radical (unpaired) electrons. The summed E-state index contributed by atoms with van der Waals surface area (Å²) in [5.74, 6) is 0.401. The van der Waals surface area contributed by atoms with Gasteiger partial charge in [-0.3, -0.25) is 14.4 Å². The lowest BCUT2D eigenvalue weighted by atomic mass is 9.85. The van der Waals surface area contributed by atoms with Gasteiger partial charge in [0.05, 0.1) is 19.6 Å². The summed E-state index contributed by atoms with van der Waals surface area (Å²) in [7, 11) is 1.63. The third kappa shape index (κ3) is 4.43. The largest absolute Gasteiger partial charge is 0.497 e. The number of amides is 3. The van der Waals surface area contributed by atoms with Gasteiger partial charge in [0.1, 0.15) is 17.8 Å². The van der Waals surface area contributed by atoms with Crippen LogP contribution in [0.15, 0.2) is 18.2 Å². The number of aromatic amines is 1. The lowest BCUT2D eigenvalue weighted by Gasteiger charge is -2.46. The first-order valence-corrected chi connectivity index (χ1v) is 11.6. The van der Waals surface area contributed by atoms with Crippen molar-refractivity contribution in [3.05, 3.63) is 29.5 Å². The minimum Gasteiger partial charge on any atom is -0.497 e. The van der Waals surface area contributed by atoms with Crippen molar-refractivity contribution in [2.75, 3.05) is 7.11 Å². The zero-order chi connectivity index (χ0) is 24.1. The first-order chi connectivity index (χ1) is 15.5. The summed E-state index contributed by atoms with van der Waals surface area (Å²) in [6.07, 6.45) is 1.08. The standard InChI is InChI=1S/C25H34N4O4/c1-13(2)9-19-22-16(15-8-7-14(33-6)10-17(15)26-22)11-20-23(31)27-18(24(32)29(19)20)12-21(30)28-25(3,4)5/h7-8,10,13,18-20,26H,9,11-12H2,1-6H3,(H,27,31)(H,28,30)/t18-,19-,20-/m0/s1. The van der Waals surface area contributed by atoms with Crippen molar-refractivity contribution in [1.29, 1.82) is 0 Å². The molecule has 0 aliphatic carbocycles. The molecule has 1 aromatic carbocycles. The third-order valence-corrected chi connectivity index (χ3v) is 6.32. The fourth-order valence-corrected chi connectivity index (χ4v) is 5.04. The Kier molecular flexibility index (Phi) is 5.88. The van der Waals surface area contributed by atoms with Crippen molar-refractivity contribution < 1.29 is 19.1 Å². The molecule has 3 amide bonds.